The predicted octanol–water partition coefficient (Wildman–Crippen LogP) is -0.253. The van der Waals surface area contributed by atoms with Gasteiger partial charge in [0.1, 0.15) is 0 Å². The number of rotatable bonds is 6. The normalized spacial score (nSPS) is 10.7. The number of carbonyl (C=O) groups excluding carboxylic acids is 2. The van der Waals surface area contributed by atoms with Crippen LogP contribution >= 0.6 is 0 Å². The maximum atomic E-state index is 11.5. The molecule has 0 heterocycles. The van der Waals surface area contributed by atoms with E-state index in [2.05, 4.69) is 5.32 Å². The third-order valence-corrected chi connectivity index (χ3v) is 2.05. The van der Waals surface area contributed by atoms with Crippen LogP contribution in [0, 0.1) is 0 Å². The largest absolute Gasteiger partial charge is 0.478 e. The van der Waals surface area contributed by atoms with Gasteiger partial charge < -0.3 is 14.9 Å². The number of hydrogen-bond acceptors (Lipinski definition) is 4. The van der Waals surface area contributed by atoms with E-state index < -0.39 is 17.9 Å². The molecule has 0 atom stereocenters. The van der Waals surface area contributed by atoms with Crippen molar-refractivity contribution in [3.8, 4) is 0 Å². The van der Waals surface area contributed by atoms with E-state index in [0.29, 0.717) is 12.6 Å². The van der Waals surface area contributed by atoms with Crippen LogP contribution in [-0.2, 0) is 9.59 Å². The molecule has 0 aromatic heterocycles. The number of aliphatic carboxylic acids is 1. The monoisotopic (exact) mass is 257 g/mol. The first-order valence-electron chi connectivity index (χ1n) is 5.44. The van der Waals surface area contributed by atoms with E-state index in [1.165, 1.54) is 4.90 Å². The Labute approximate surface area is 106 Å². The lowest BCUT2D eigenvalue weighted by atomic mass is 10.4. The summed E-state index contributed by atoms with van der Waals surface area (Å²) < 4.78 is 0. The molecule has 7 nitrogen and oxygen atoms in total. The molecule has 0 rings (SSSR count). The Morgan fingerprint density at radius 3 is 2.22 bits per heavy atom. The third kappa shape index (κ3) is 8.28. The summed E-state index contributed by atoms with van der Waals surface area (Å²) in [6.07, 6.45) is 2.26. The van der Waals surface area contributed by atoms with Crippen molar-refractivity contribution in [2.75, 3.05) is 34.2 Å². The molecule has 2 N–H and O–H groups in total. The van der Waals surface area contributed by atoms with Crippen molar-refractivity contribution in [3.63, 3.8) is 0 Å². The number of amides is 3. The van der Waals surface area contributed by atoms with E-state index in [9.17, 15) is 14.4 Å². The fraction of sp³-hybridized carbons (Fsp3) is 0.545. The lowest BCUT2D eigenvalue weighted by Gasteiger charge is -2.18. The van der Waals surface area contributed by atoms with Gasteiger partial charge in [-0.05, 0) is 27.1 Å². The van der Waals surface area contributed by atoms with Crippen molar-refractivity contribution in [1.29, 1.82) is 0 Å². The molecule has 0 fully saturated rings. The second-order valence-electron chi connectivity index (χ2n) is 4.04. The summed E-state index contributed by atoms with van der Waals surface area (Å²) in [5.74, 6) is -1.99. The molecule has 0 bridgehead atoms. The van der Waals surface area contributed by atoms with Crippen LogP contribution in [0.2, 0.25) is 0 Å². The minimum atomic E-state index is -1.24. The second kappa shape index (κ2) is 8.24. The standard InChI is InChI=1S/C11H19N3O4/c1-13(2)7-4-8-14(3)11(18)12-9(15)5-6-10(16)17/h5-6H,4,7-8H2,1-3H3,(H,16,17)(H,12,15,18)/b6-5+. The summed E-state index contributed by atoms with van der Waals surface area (Å²) in [5, 5.41) is 10.4. The van der Waals surface area contributed by atoms with Gasteiger partial charge in [-0.25, -0.2) is 9.59 Å². The number of carboxylic acid groups (broad SMARTS) is 1. The van der Waals surface area contributed by atoms with Crippen LogP contribution in [-0.4, -0.2) is 67.0 Å². The van der Waals surface area contributed by atoms with Gasteiger partial charge in [0, 0.05) is 25.7 Å². The molecule has 0 aromatic rings. The first kappa shape index (κ1) is 16.1. The summed E-state index contributed by atoms with van der Waals surface area (Å²) in [6, 6.07) is -0.547. The van der Waals surface area contributed by atoms with Crippen molar-refractivity contribution in [2.45, 2.75) is 6.42 Å². The van der Waals surface area contributed by atoms with Gasteiger partial charge in [0.25, 0.3) is 5.91 Å². The van der Waals surface area contributed by atoms with E-state index >= 15 is 0 Å². The zero-order valence-electron chi connectivity index (χ0n) is 10.8. The molecule has 7 heteroatoms. The summed E-state index contributed by atoms with van der Waals surface area (Å²) in [7, 11) is 5.43. The minimum Gasteiger partial charge on any atom is -0.478 e. The van der Waals surface area contributed by atoms with Gasteiger partial charge in [-0.3, -0.25) is 10.1 Å². The van der Waals surface area contributed by atoms with Gasteiger partial charge in [-0.2, -0.15) is 0 Å². The molecule has 0 aliphatic rings. The van der Waals surface area contributed by atoms with Crippen LogP contribution in [0.4, 0.5) is 4.79 Å². The summed E-state index contributed by atoms with van der Waals surface area (Å²) in [4.78, 5) is 36.1. The quantitative estimate of drug-likeness (QED) is 0.640. The lowest BCUT2D eigenvalue weighted by Crippen LogP contribution is -2.41. The van der Waals surface area contributed by atoms with Gasteiger partial charge >= 0.3 is 12.0 Å². The Kier molecular flexibility index (Phi) is 7.37. The molecule has 0 aromatic carbocycles. The number of nitrogens with one attached hydrogen (secondary N) is 1. The average molecular weight is 257 g/mol. The zero-order chi connectivity index (χ0) is 14.1. The Balaban J connectivity index is 4.00. The van der Waals surface area contributed by atoms with Crippen molar-refractivity contribution in [1.82, 2.24) is 15.1 Å². The first-order chi connectivity index (χ1) is 8.32. The highest BCUT2D eigenvalue weighted by Crippen LogP contribution is 1.90. The summed E-state index contributed by atoms with van der Waals surface area (Å²) in [6.45, 7) is 1.35. The predicted molar refractivity (Wildman–Crippen MR) is 66.1 cm³/mol. The van der Waals surface area contributed by atoms with Gasteiger partial charge in [0.15, 0.2) is 0 Å². The number of hydrogen-bond donors (Lipinski definition) is 2. The minimum absolute atomic E-state index is 0.514. The molecular weight excluding hydrogens is 238 g/mol. The molecule has 3 amide bonds. The molecule has 0 saturated carbocycles. The highest BCUT2D eigenvalue weighted by atomic mass is 16.4. The van der Waals surface area contributed by atoms with Crippen LogP contribution in [0.25, 0.3) is 0 Å². The smallest absolute Gasteiger partial charge is 0.328 e. The maximum Gasteiger partial charge on any atom is 0.328 e. The molecule has 0 unspecified atom stereocenters. The highest BCUT2D eigenvalue weighted by molar-refractivity contribution is 6.02. The molecular formula is C11H19N3O4. The lowest BCUT2D eigenvalue weighted by molar-refractivity contribution is -0.131. The van der Waals surface area contributed by atoms with Crippen LogP contribution in [0.5, 0.6) is 0 Å². The molecule has 18 heavy (non-hydrogen) atoms. The van der Waals surface area contributed by atoms with Crippen molar-refractivity contribution in [2.24, 2.45) is 0 Å². The fourth-order valence-corrected chi connectivity index (χ4v) is 1.12. The molecule has 0 saturated heterocycles. The van der Waals surface area contributed by atoms with E-state index in [1.807, 2.05) is 19.0 Å². The zero-order valence-corrected chi connectivity index (χ0v) is 10.8. The Hall–Kier alpha value is -1.89. The average Bonchev–Trinajstić information content (AvgIpc) is 2.25. The molecule has 0 aliphatic heterocycles. The number of nitrogens with zero attached hydrogens (tertiary/aromatic N) is 2. The SMILES string of the molecule is CN(C)CCCN(C)C(=O)NC(=O)/C=C/C(=O)O. The van der Waals surface area contributed by atoms with Crippen LogP contribution in [0.15, 0.2) is 12.2 Å². The molecule has 0 radical (unpaired) electrons. The van der Waals surface area contributed by atoms with E-state index in [0.717, 1.165) is 19.0 Å². The van der Waals surface area contributed by atoms with E-state index in [-0.39, 0.29) is 0 Å². The summed E-state index contributed by atoms with van der Waals surface area (Å²) in [5.41, 5.74) is 0. The van der Waals surface area contributed by atoms with Crippen molar-refractivity contribution >= 4 is 17.9 Å². The summed E-state index contributed by atoms with van der Waals surface area (Å²) >= 11 is 0. The second-order valence-corrected chi connectivity index (χ2v) is 4.04. The third-order valence-electron chi connectivity index (χ3n) is 2.05. The van der Waals surface area contributed by atoms with E-state index in [1.54, 1.807) is 7.05 Å². The Morgan fingerprint density at radius 1 is 1.11 bits per heavy atom. The number of urea groups is 1. The topological polar surface area (TPSA) is 90.0 Å². The van der Waals surface area contributed by atoms with Crippen molar-refractivity contribution < 1.29 is 19.5 Å². The number of carbonyl (C=O) groups is 3. The van der Waals surface area contributed by atoms with Gasteiger partial charge in [0.05, 0.1) is 0 Å². The number of carboxylic acids is 1. The Morgan fingerprint density at radius 2 is 1.72 bits per heavy atom. The Bertz CT molecular complexity index is 339. The molecule has 102 valence electrons. The fourth-order valence-electron chi connectivity index (χ4n) is 1.12. The number of imide groups is 1. The van der Waals surface area contributed by atoms with Gasteiger partial charge in [0.2, 0.25) is 0 Å². The van der Waals surface area contributed by atoms with Crippen LogP contribution in [0.3, 0.4) is 0 Å². The van der Waals surface area contributed by atoms with Crippen molar-refractivity contribution in [3.05, 3.63) is 12.2 Å². The highest BCUT2D eigenvalue weighted by Gasteiger charge is 2.10. The van der Waals surface area contributed by atoms with Gasteiger partial charge in [-0.1, -0.05) is 0 Å². The van der Waals surface area contributed by atoms with E-state index in [4.69, 9.17) is 5.11 Å². The van der Waals surface area contributed by atoms with Crippen LogP contribution in [0.1, 0.15) is 6.42 Å². The first-order valence-corrected chi connectivity index (χ1v) is 5.44. The maximum absolute atomic E-state index is 11.5. The van der Waals surface area contributed by atoms with Gasteiger partial charge in [-0.15, -0.1) is 0 Å². The molecule has 0 aliphatic carbocycles. The molecule has 0 spiro atoms. The van der Waals surface area contributed by atoms with Crippen LogP contribution < -0.4 is 5.32 Å².